The molecule has 0 aromatic carbocycles. The summed E-state index contributed by atoms with van der Waals surface area (Å²) in [6.45, 7) is 0. The van der Waals surface area contributed by atoms with Crippen molar-refractivity contribution in [3.05, 3.63) is 0 Å². The Bertz CT molecular complexity index is 225. The number of ether oxygens (including phenoxy) is 1. The number of hydrogen-bond donors (Lipinski definition) is 1. The predicted molar refractivity (Wildman–Crippen MR) is 35.6 cm³/mol. The maximum Gasteiger partial charge on any atom is 0.309 e. The third-order valence-electron chi connectivity index (χ3n) is 3.44. The van der Waals surface area contributed by atoms with Gasteiger partial charge in [-0.15, -0.1) is 0 Å². The van der Waals surface area contributed by atoms with Crippen molar-refractivity contribution < 1.29 is 14.6 Å². The summed E-state index contributed by atoms with van der Waals surface area (Å²) < 4.78 is 5.06. The van der Waals surface area contributed by atoms with Gasteiger partial charge in [0, 0.05) is 5.92 Å². The molecule has 0 aromatic heterocycles. The molecule has 1 N–H and O–H groups in total. The largest absolute Gasteiger partial charge is 0.459 e. The quantitative estimate of drug-likeness (QED) is 0.497. The van der Waals surface area contributed by atoms with E-state index < -0.39 is 0 Å². The molecule has 0 spiro atoms. The topological polar surface area (TPSA) is 46.5 Å². The molecule has 2 aliphatic carbocycles. The smallest absolute Gasteiger partial charge is 0.309 e. The molecule has 1 aliphatic heterocycles. The zero-order valence-corrected chi connectivity index (χ0v) is 6.06. The second kappa shape index (κ2) is 1.61. The van der Waals surface area contributed by atoms with Crippen LogP contribution in [0.3, 0.4) is 0 Å². The van der Waals surface area contributed by atoms with Crippen LogP contribution >= 0.6 is 0 Å². The van der Waals surface area contributed by atoms with Gasteiger partial charge in [0.15, 0.2) is 0 Å². The van der Waals surface area contributed by atoms with Crippen LogP contribution in [-0.2, 0) is 9.53 Å². The van der Waals surface area contributed by atoms with Crippen molar-refractivity contribution in [2.45, 2.75) is 25.0 Å². The molecular weight excluding hydrogens is 144 g/mol. The standard InChI is InChI=1S/C8H10O3/c9-6-3-1-4-5(2-3)8(10)11-7(4)6/h3-7,9H,1-2H2/t3-,4-,5-,6+,7+/m1/s1. The lowest BCUT2D eigenvalue weighted by Gasteiger charge is -2.19. The monoisotopic (exact) mass is 154 g/mol. The molecule has 0 amide bonds. The van der Waals surface area contributed by atoms with E-state index in [-0.39, 0.29) is 24.1 Å². The number of hydrogen-bond acceptors (Lipinski definition) is 3. The van der Waals surface area contributed by atoms with Crippen LogP contribution in [0, 0.1) is 17.8 Å². The molecule has 3 aliphatic rings. The summed E-state index contributed by atoms with van der Waals surface area (Å²) in [5.41, 5.74) is 0. The summed E-state index contributed by atoms with van der Waals surface area (Å²) in [5, 5.41) is 9.55. The lowest BCUT2D eigenvalue weighted by atomic mass is 9.88. The summed E-state index contributed by atoms with van der Waals surface area (Å²) in [5.74, 6) is 0.761. The van der Waals surface area contributed by atoms with E-state index in [4.69, 9.17) is 4.74 Å². The lowest BCUT2D eigenvalue weighted by Crippen LogP contribution is -2.31. The zero-order chi connectivity index (χ0) is 7.59. The van der Waals surface area contributed by atoms with Gasteiger partial charge in [0.2, 0.25) is 0 Å². The number of aliphatic hydroxyl groups excluding tert-OH is 1. The first kappa shape index (κ1) is 6.00. The Labute approximate surface area is 64.3 Å². The Balaban J connectivity index is 2.04. The van der Waals surface area contributed by atoms with Crippen molar-refractivity contribution in [2.75, 3.05) is 0 Å². The molecule has 1 heterocycles. The van der Waals surface area contributed by atoms with E-state index in [0.29, 0.717) is 11.8 Å². The van der Waals surface area contributed by atoms with Gasteiger partial charge in [0.1, 0.15) is 6.10 Å². The fourth-order valence-electron chi connectivity index (χ4n) is 2.92. The molecule has 3 nitrogen and oxygen atoms in total. The molecule has 1 saturated heterocycles. The normalized spacial score (nSPS) is 58.6. The van der Waals surface area contributed by atoms with E-state index in [0.717, 1.165) is 12.8 Å². The molecule has 3 rings (SSSR count). The summed E-state index contributed by atoms with van der Waals surface area (Å²) >= 11 is 0. The minimum Gasteiger partial charge on any atom is -0.459 e. The molecule has 2 bridgehead atoms. The molecule has 3 fully saturated rings. The van der Waals surface area contributed by atoms with E-state index in [2.05, 4.69) is 0 Å². The van der Waals surface area contributed by atoms with Gasteiger partial charge < -0.3 is 9.84 Å². The lowest BCUT2D eigenvalue weighted by molar-refractivity contribution is -0.145. The highest BCUT2D eigenvalue weighted by Gasteiger charge is 2.61. The van der Waals surface area contributed by atoms with Gasteiger partial charge in [-0.25, -0.2) is 0 Å². The third kappa shape index (κ3) is 0.527. The average Bonchev–Trinajstić information content (AvgIpc) is 2.53. The fraction of sp³-hybridized carbons (Fsp3) is 0.875. The zero-order valence-electron chi connectivity index (χ0n) is 6.06. The Kier molecular flexibility index (Phi) is 0.876. The van der Waals surface area contributed by atoms with Crippen molar-refractivity contribution in [3.63, 3.8) is 0 Å². The minimum absolute atomic E-state index is 0.0703. The molecule has 60 valence electrons. The van der Waals surface area contributed by atoms with E-state index >= 15 is 0 Å². The minimum atomic E-state index is -0.359. The molecule has 3 heteroatoms. The summed E-state index contributed by atoms with van der Waals surface area (Å²) in [7, 11) is 0. The van der Waals surface area contributed by atoms with Gasteiger partial charge in [-0.05, 0) is 18.8 Å². The van der Waals surface area contributed by atoms with E-state index in [9.17, 15) is 9.90 Å². The van der Waals surface area contributed by atoms with Crippen LogP contribution < -0.4 is 0 Å². The first-order chi connectivity index (χ1) is 5.27. The van der Waals surface area contributed by atoms with Crippen LogP contribution in [0.1, 0.15) is 12.8 Å². The Morgan fingerprint density at radius 1 is 1.45 bits per heavy atom. The highest BCUT2D eigenvalue weighted by atomic mass is 16.6. The highest BCUT2D eigenvalue weighted by molar-refractivity contribution is 5.76. The molecule has 0 aromatic rings. The van der Waals surface area contributed by atoms with E-state index in [1.807, 2.05) is 0 Å². The third-order valence-corrected chi connectivity index (χ3v) is 3.44. The fourth-order valence-corrected chi connectivity index (χ4v) is 2.92. The summed E-state index contributed by atoms with van der Waals surface area (Å²) in [4.78, 5) is 11.1. The number of esters is 1. The van der Waals surface area contributed by atoms with Crippen LogP contribution in [0.2, 0.25) is 0 Å². The van der Waals surface area contributed by atoms with Gasteiger partial charge >= 0.3 is 5.97 Å². The Morgan fingerprint density at radius 2 is 2.27 bits per heavy atom. The highest BCUT2D eigenvalue weighted by Crippen LogP contribution is 2.54. The molecule has 0 unspecified atom stereocenters. The van der Waals surface area contributed by atoms with Crippen molar-refractivity contribution in [2.24, 2.45) is 17.8 Å². The Morgan fingerprint density at radius 3 is 2.91 bits per heavy atom. The van der Waals surface area contributed by atoms with E-state index in [1.165, 1.54) is 0 Å². The van der Waals surface area contributed by atoms with Crippen LogP contribution in [-0.4, -0.2) is 23.3 Å². The Hall–Kier alpha value is -0.570. The van der Waals surface area contributed by atoms with Crippen molar-refractivity contribution >= 4 is 5.97 Å². The summed E-state index contributed by atoms with van der Waals surface area (Å²) in [6, 6.07) is 0. The van der Waals surface area contributed by atoms with Crippen LogP contribution in [0.4, 0.5) is 0 Å². The van der Waals surface area contributed by atoms with Gasteiger partial charge in [0.05, 0.1) is 12.0 Å². The number of carbonyl (C=O) groups is 1. The average molecular weight is 154 g/mol. The van der Waals surface area contributed by atoms with Gasteiger partial charge in [0.25, 0.3) is 0 Å². The van der Waals surface area contributed by atoms with Crippen molar-refractivity contribution in [1.82, 2.24) is 0 Å². The second-order valence-corrected chi connectivity index (χ2v) is 3.89. The maximum atomic E-state index is 11.1. The predicted octanol–water partition coefficient (Wildman–Crippen LogP) is -0.0713. The summed E-state index contributed by atoms with van der Waals surface area (Å²) in [6.07, 6.45) is 1.36. The molecule has 2 saturated carbocycles. The van der Waals surface area contributed by atoms with Gasteiger partial charge in [-0.2, -0.15) is 0 Å². The number of carbonyl (C=O) groups excluding carboxylic acids is 1. The number of rotatable bonds is 0. The molecule has 11 heavy (non-hydrogen) atoms. The van der Waals surface area contributed by atoms with Crippen LogP contribution in [0.25, 0.3) is 0 Å². The first-order valence-electron chi connectivity index (χ1n) is 4.16. The van der Waals surface area contributed by atoms with Crippen LogP contribution in [0.5, 0.6) is 0 Å². The SMILES string of the molecule is O=C1O[C@@H]2[C@@H](O)[C@@H]3C[C@@H]2[C@H]1C3. The van der Waals surface area contributed by atoms with Crippen LogP contribution in [0.15, 0.2) is 0 Å². The number of fused-ring (bicyclic) bond motifs is 1. The maximum absolute atomic E-state index is 11.1. The molecule has 0 radical (unpaired) electrons. The number of aliphatic hydroxyl groups is 1. The van der Waals surface area contributed by atoms with Gasteiger partial charge in [-0.3, -0.25) is 4.79 Å². The second-order valence-electron chi connectivity index (χ2n) is 3.89. The van der Waals surface area contributed by atoms with E-state index in [1.54, 1.807) is 0 Å². The van der Waals surface area contributed by atoms with Crippen molar-refractivity contribution in [1.29, 1.82) is 0 Å². The molecular formula is C8H10O3. The first-order valence-corrected chi connectivity index (χ1v) is 4.16. The van der Waals surface area contributed by atoms with Gasteiger partial charge in [-0.1, -0.05) is 0 Å². The molecule has 5 atom stereocenters. The van der Waals surface area contributed by atoms with Crippen molar-refractivity contribution in [3.8, 4) is 0 Å².